The molecule has 0 saturated heterocycles. The first kappa shape index (κ1) is 19.2. The van der Waals surface area contributed by atoms with Crippen LogP contribution in [0.1, 0.15) is 54.5 Å². The molecule has 3 rings (SSSR count). The van der Waals surface area contributed by atoms with Gasteiger partial charge in [-0.05, 0) is 66.0 Å². The molecular weight excluding hydrogens is 332 g/mol. The average Bonchev–Trinajstić information content (AvgIpc) is 3.08. The van der Waals surface area contributed by atoms with Gasteiger partial charge in [0, 0.05) is 12.0 Å². The van der Waals surface area contributed by atoms with Gasteiger partial charge in [-0.15, -0.1) is 0 Å². The van der Waals surface area contributed by atoms with Crippen LogP contribution < -0.4 is 4.74 Å². The SMILES string of the molecule is C=Cc1ccc(C2=Cc3ccc(CC[C@H](C)CC(C)=O)cc3C2)cc1OC. The second-order valence-corrected chi connectivity index (χ2v) is 7.59. The highest BCUT2D eigenvalue weighted by Crippen LogP contribution is 2.34. The molecule has 0 unspecified atom stereocenters. The zero-order valence-corrected chi connectivity index (χ0v) is 16.5. The Balaban J connectivity index is 1.71. The maximum Gasteiger partial charge on any atom is 0.130 e. The molecule has 0 heterocycles. The fourth-order valence-corrected chi connectivity index (χ4v) is 3.82. The molecule has 0 aliphatic heterocycles. The van der Waals surface area contributed by atoms with Crippen LogP contribution in [0.25, 0.3) is 17.7 Å². The number of aryl methyl sites for hydroxylation is 1. The third-order valence-corrected chi connectivity index (χ3v) is 5.30. The van der Waals surface area contributed by atoms with Gasteiger partial charge < -0.3 is 9.53 Å². The quantitative estimate of drug-likeness (QED) is 0.578. The number of carbonyl (C=O) groups is 1. The van der Waals surface area contributed by atoms with Gasteiger partial charge in [0.1, 0.15) is 11.5 Å². The molecule has 140 valence electrons. The largest absolute Gasteiger partial charge is 0.496 e. The summed E-state index contributed by atoms with van der Waals surface area (Å²) in [5.41, 5.74) is 7.58. The number of carbonyl (C=O) groups excluding carboxylic acids is 1. The van der Waals surface area contributed by atoms with E-state index in [4.69, 9.17) is 4.74 Å². The molecule has 0 aromatic heterocycles. The van der Waals surface area contributed by atoms with Crippen molar-refractivity contribution in [1.82, 2.24) is 0 Å². The Labute approximate surface area is 162 Å². The van der Waals surface area contributed by atoms with E-state index < -0.39 is 0 Å². The first-order valence-electron chi connectivity index (χ1n) is 9.62. The van der Waals surface area contributed by atoms with Crippen LogP contribution in [-0.2, 0) is 17.6 Å². The van der Waals surface area contributed by atoms with Crippen LogP contribution in [0.15, 0.2) is 43.0 Å². The number of fused-ring (bicyclic) bond motifs is 1. The second kappa shape index (κ2) is 8.39. The van der Waals surface area contributed by atoms with Gasteiger partial charge >= 0.3 is 0 Å². The van der Waals surface area contributed by atoms with Crippen LogP contribution in [0.3, 0.4) is 0 Å². The van der Waals surface area contributed by atoms with E-state index in [0.29, 0.717) is 12.3 Å². The molecule has 2 nitrogen and oxygen atoms in total. The topological polar surface area (TPSA) is 26.3 Å². The van der Waals surface area contributed by atoms with E-state index in [1.54, 1.807) is 14.0 Å². The van der Waals surface area contributed by atoms with E-state index in [2.05, 4.69) is 56.0 Å². The van der Waals surface area contributed by atoms with E-state index in [-0.39, 0.29) is 5.78 Å². The molecule has 0 fully saturated rings. The molecule has 27 heavy (non-hydrogen) atoms. The molecule has 0 amide bonds. The molecule has 1 aliphatic carbocycles. The number of methoxy groups -OCH3 is 1. The molecule has 0 radical (unpaired) electrons. The lowest BCUT2D eigenvalue weighted by Gasteiger charge is -2.10. The van der Waals surface area contributed by atoms with Crippen molar-refractivity contribution in [3.05, 3.63) is 70.8 Å². The first-order chi connectivity index (χ1) is 13.0. The number of rotatable bonds is 8. The maximum atomic E-state index is 11.3. The van der Waals surface area contributed by atoms with E-state index >= 15 is 0 Å². The molecule has 1 aliphatic rings. The fourth-order valence-electron chi connectivity index (χ4n) is 3.82. The molecule has 0 bridgehead atoms. The van der Waals surface area contributed by atoms with Crippen molar-refractivity contribution in [1.29, 1.82) is 0 Å². The predicted molar refractivity (Wildman–Crippen MR) is 114 cm³/mol. The van der Waals surface area contributed by atoms with Crippen molar-refractivity contribution in [3.63, 3.8) is 0 Å². The van der Waals surface area contributed by atoms with Gasteiger partial charge in [0.25, 0.3) is 0 Å². The normalized spacial score (nSPS) is 13.7. The fraction of sp³-hybridized carbons (Fsp3) is 0.320. The highest BCUT2D eigenvalue weighted by molar-refractivity contribution is 5.89. The van der Waals surface area contributed by atoms with Gasteiger partial charge in [0.2, 0.25) is 0 Å². The Hall–Kier alpha value is -2.61. The van der Waals surface area contributed by atoms with Gasteiger partial charge in [0.05, 0.1) is 7.11 Å². The second-order valence-electron chi connectivity index (χ2n) is 7.59. The van der Waals surface area contributed by atoms with Gasteiger partial charge in [-0.3, -0.25) is 0 Å². The summed E-state index contributed by atoms with van der Waals surface area (Å²) >= 11 is 0. The lowest BCUT2D eigenvalue weighted by molar-refractivity contribution is -0.117. The van der Waals surface area contributed by atoms with E-state index in [9.17, 15) is 4.79 Å². The molecule has 2 aromatic carbocycles. The number of Topliss-reactive ketones (excluding diaryl/α,β-unsaturated/α-hetero) is 1. The summed E-state index contributed by atoms with van der Waals surface area (Å²) in [5.74, 6) is 1.59. The minimum atomic E-state index is 0.281. The molecule has 0 saturated carbocycles. The molecule has 0 N–H and O–H groups in total. The Bertz CT molecular complexity index is 889. The van der Waals surface area contributed by atoms with Crippen LogP contribution >= 0.6 is 0 Å². The monoisotopic (exact) mass is 360 g/mol. The van der Waals surface area contributed by atoms with Crippen molar-refractivity contribution < 1.29 is 9.53 Å². The predicted octanol–water partition coefficient (Wildman–Crippen LogP) is 5.98. The number of allylic oxidation sites excluding steroid dienone is 1. The summed E-state index contributed by atoms with van der Waals surface area (Å²) in [5, 5.41) is 0. The Morgan fingerprint density at radius 3 is 2.78 bits per heavy atom. The summed E-state index contributed by atoms with van der Waals surface area (Å²) in [6, 6.07) is 13.1. The summed E-state index contributed by atoms with van der Waals surface area (Å²) in [4.78, 5) is 11.3. The molecule has 2 aromatic rings. The van der Waals surface area contributed by atoms with Crippen molar-refractivity contribution in [2.75, 3.05) is 7.11 Å². The highest BCUT2D eigenvalue weighted by Gasteiger charge is 2.16. The van der Waals surface area contributed by atoms with Gasteiger partial charge in [-0.1, -0.05) is 56.0 Å². The summed E-state index contributed by atoms with van der Waals surface area (Å²) in [6.07, 6.45) is 7.80. The summed E-state index contributed by atoms with van der Waals surface area (Å²) in [7, 11) is 1.70. The minimum Gasteiger partial charge on any atom is -0.496 e. The zero-order chi connectivity index (χ0) is 19.4. The average molecular weight is 360 g/mol. The molecule has 2 heteroatoms. The Morgan fingerprint density at radius 1 is 1.26 bits per heavy atom. The van der Waals surface area contributed by atoms with Crippen molar-refractivity contribution in [3.8, 4) is 5.75 Å². The standard InChI is InChI=1S/C25H28O2/c1-5-20-10-11-22(16-25(20)27-4)24-14-21-9-8-19(13-23(21)15-24)7-6-17(2)12-18(3)26/h5,8-11,13-14,16-17H,1,6-7,12,15H2,2-4H3/t17-/m0/s1. The lowest BCUT2D eigenvalue weighted by Crippen LogP contribution is -2.03. The third-order valence-electron chi connectivity index (χ3n) is 5.30. The van der Waals surface area contributed by atoms with Crippen LogP contribution in [0.4, 0.5) is 0 Å². The Kier molecular flexibility index (Phi) is 5.95. The maximum absolute atomic E-state index is 11.3. The summed E-state index contributed by atoms with van der Waals surface area (Å²) < 4.78 is 5.49. The van der Waals surface area contributed by atoms with Gasteiger partial charge in [-0.2, -0.15) is 0 Å². The van der Waals surface area contributed by atoms with Gasteiger partial charge in [0.15, 0.2) is 0 Å². The number of hydrogen-bond acceptors (Lipinski definition) is 2. The number of hydrogen-bond donors (Lipinski definition) is 0. The molecular formula is C25H28O2. The highest BCUT2D eigenvalue weighted by atomic mass is 16.5. The molecule has 0 spiro atoms. The van der Waals surface area contributed by atoms with Crippen LogP contribution in [0.2, 0.25) is 0 Å². The Morgan fingerprint density at radius 2 is 2.07 bits per heavy atom. The van der Waals surface area contributed by atoms with Crippen molar-refractivity contribution in [2.24, 2.45) is 5.92 Å². The number of ether oxygens (including phenoxy) is 1. The van der Waals surface area contributed by atoms with Gasteiger partial charge in [-0.25, -0.2) is 0 Å². The minimum absolute atomic E-state index is 0.281. The van der Waals surface area contributed by atoms with Crippen LogP contribution in [0, 0.1) is 5.92 Å². The van der Waals surface area contributed by atoms with E-state index in [1.165, 1.54) is 27.8 Å². The first-order valence-corrected chi connectivity index (χ1v) is 9.62. The van der Waals surface area contributed by atoms with E-state index in [1.807, 2.05) is 6.08 Å². The molecule has 1 atom stereocenters. The number of benzene rings is 2. The lowest BCUT2D eigenvalue weighted by atomic mass is 9.95. The van der Waals surface area contributed by atoms with Crippen LogP contribution in [0.5, 0.6) is 5.75 Å². The van der Waals surface area contributed by atoms with Crippen molar-refractivity contribution >= 4 is 23.5 Å². The smallest absolute Gasteiger partial charge is 0.130 e. The van der Waals surface area contributed by atoms with Crippen LogP contribution in [-0.4, -0.2) is 12.9 Å². The summed E-state index contributed by atoms with van der Waals surface area (Å²) in [6.45, 7) is 7.68. The number of ketones is 1. The third kappa shape index (κ3) is 4.57. The van der Waals surface area contributed by atoms with Crippen molar-refractivity contribution in [2.45, 2.75) is 39.5 Å². The zero-order valence-electron chi connectivity index (χ0n) is 16.5. The van der Waals surface area contributed by atoms with E-state index in [0.717, 1.165) is 30.6 Å².